The van der Waals surface area contributed by atoms with Crippen LogP contribution < -0.4 is 5.32 Å². The molecule has 2 fully saturated rings. The maximum atomic E-state index is 4.53. The number of hydrogen-bond acceptors (Lipinski definition) is 5. The van der Waals surface area contributed by atoms with E-state index in [1.54, 1.807) is 6.33 Å². The molecule has 5 rings (SSSR count). The van der Waals surface area contributed by atoms with Gasteiger partial charge in [-0.05, 0) is 38.3 Å². The number of aromatic nitrogens is 4. The molecule has 1 N–H and O–H groups in total. The summed E-state index contributed by atoms with van der Waals surface area (Å²) in [6, 6.07) is 12.0. The van der Waals surface area contributed by atoms with E-state index in [0.717, 1.165) is 41.5 Å². The van der Waals surface area contributed by atoms with E-state index in [-0.39, 0.29) is 0 Å². The fourth-order valence-electron chi connectivity index (χ4n) is 3.99. The number of nitrogens with one attached hydrogen (secondary N) is 1. The monoisotopic (exact) mass is 334 g/mol. The van der Waals surface area contributed by atoms with Gasteiger partial charge in [-0.1, -0.05) is 18.2 Å². The maximum Gasteiger partial charge on any atom is 0.168 e. The Balaban J connectivity index is 1.44. The molecule has 1 aromatic carbocycles. The quantitative estimate of drug-likeness (QED) is 0.795. The largest absolute Gasteiger partial charge is 0.365 e. The predicted molar refractivity (Wildman–Crippen MR) is 97.9 cm³/mol. The second-order valence-electron chi connectivity index (χ2n) is 7.21. The fourth-order valence-corrected chi connectivity index (χ4v) is 3.99. The number of nitrogens with zero attached hydrogens (tertiary/aromatic N) is 5. The molecule has 0 radical (unpaired) electrons. The van der Waals surface area contributed by atoms with Crippen LogP contribution in [-0.4, -0.2) is 49.3 Å². The van der Waals surface area contributed by atoms with Crippen molar-refractivity contribution in [3.63, 3.8) is 0 Å². The van der Waals surface area contributed by atoms with Gasteiger partial charge in [-0.25, -0.2) is 14.6 Å². The molecule has 1 aliphatic carbocycles. The highest BCUT2D eigenvalue weighted by Crippen LogP contribution is 2.34. The summed E-state index contributed by atoms with van der Waals surface area (Å²) in [6.07, 6.45) is 7.37. The molecule has 6 heteroatoms. The molecule has 1 saturated heterocycles. The van der Waals surface area contributed by atoms with Crippen LogP contribution in [0.3, 0.4) is 0 Å². The smallest absolute Gasteiger partial charge is 0.168 e. The Kier molecular flexibility index (Phi) is 3.45. The molecule has 3 heterocycles. The van der Waals surface area contributed by atoms with Crippen LogP contribution in [0.25, 0.3) is 16.7 Å². The Hall–Kier alpha value is -2.47. The first kappa shape index (κ1) is 14.8. The zero-order chi connectivity index (χ0) is 16.8. The van der Waals surface area contributed by atoms with Gasteiger partial charge in [0.05, 0.1) is 17.3 Å². The maximum absolute atomic E-state index is 4.53. The van der Waals surface area contributed by atoms with Gasteiger partial charge >= 0.3 is 0 Å². The van der Waals surface area contributed by atoms with E-state index < -0.39 is 0 Å². The molecular formula is C19H22N6. The third-order valence-corrected chi connectivity index (χ3v) is 5.35. The van der Waals surface area contributed by atoms with Crippen LogP contribution >= 0.6 is 0 Å². The van der Waals surface area contributed by atoms with Gasteiger partial charge in [0.1, 0.15) is 12.1 Å². The summed E-state index contributed by atoms with van der Waals surface area (Å²) in [6.45, 7) is 3.44. The number of para-hydroxylation sites is 1. The van der Waals surface area contributed by atoms with Crippen molar-refractivity contribution < 1.29 is 0 Å². The second-order valence-corrected chi connectivity index (χ2v) is 7.21. The standard InChI is InChI=1S/C19H22N6/c1-13-9-14(11-24(13)15-7-8-15)23-18-17-10-22-25(19(17)21-12-20-18)16-5-3-2-4-6-16/h2-6,10,12-15H,7-9,11H2,1H3,(H,20,21,23). The average molecular weight is 334 g/mol. The highest BCUT2D eigenvalue weighted by atomic mass is 15.3. The summed E-state index contributed by atoms with van der Waals surface area (Å²) in [4.78, 5) is 11.6. The molecule has 128 valence electrons. The Morgan fingerprint density at radius 2 is 1.96 bits per heavy atom. The minimum absolute atomic E-state index is 0.439. The first-order valence-corrected chi connectivity index (χ1v) is 9.06. The first-order chi connectivity index (χ1) is 12.3. The molecule has 2 aromatic heterocycles. The molecule has 6 nitrogen and oxygen atoms in total. The minimum atomic E-state index is 0.439. The Morgan fingerprint density at radius 3 is 2.76 bits per heavy atom. The van der Waals surface area contributed by atoms with Crippen molar-refractivity contribution in [1.29, 1.82) is 0 Å². The third-order valence-electron chi connectivity index (χ3n) is 5.35. The van der Waals surface area contributed by atoms with Gasteiger partial charge in [-0.3, -0.25) is 4.90 Å². The van der Waals surface area contributed by atoms with E-state index in [4.69, 9.17) is 0 Å². The van der Waals surface area contributed by atoms with Crippen LogP contribution in [0.2, 0.25) is 0 Å². The van der Waals surface area contributed by atoms with Crippen LogP contribution in [0.1, 0.15) is 26.2 Å². The lowest BCUT2D eigenvalue weighted by Gasteiger charge is -2.19. The number of hydrogen-bond donors (Lipinski definition) is 1. The average Bonchev–Trinajstić information content (AvgIpc) is 3.27. The van der Waals surface area contributed by atoms with E-state index in [1.165, 1.54) is 12.8 Å². The van der Waals surface area contributed by atoms with Crippen LogP contribution in [-0.2, 0) is 0 Å². The first-order valence-electron chi connectivity index (χ1n) is 9.06. The summed E-state index contributed by atoms with van der Waals surface area (Å²) in [7, 11) is 0. The van der Waals surface area contributed by atoms with E-state index in [2.05, 4.69) is 32.2 Å². The highest BCUT2D eigenvalue weighted by molar-refractivity contribution is 5.87. The van der Waals surface area contributed by atoms with Gasteiger partial charge in [-0.15, -0.1) is 0 Å². The molecule has 2 atom stereocenters. The molecular weight excluding hydrogens is 312 g/mol. The lowest BCUT2D eigenvalue weighted by molar-refractivity contribution is 0.257. The van der Waals surface area contributed by atoms with Crippen LogP contribution in [0.4, 0.5) is 5.82 Å². The Bertz CT molecular complexity index is 885. The summed E-state index contributed by atoms with van der Waals surface area (Å²) in [5.41, 5.74) is 1.85. The number of likely N-dealkylation sites (tertiary alicyclic amines) is 1. The molecule has 1 saturated carbocycles. The Labute approximate surface area is 146 Å². The molecule has 3 aromatic rings. The SMILES string of the molecule is CC1CC(Nc2ncnc3c2cnn3-c2ccccc2)CN1C1CC1. The lowest BCUT2D eigenvalue weighted by Crippen LogP contribution is -2.31. The van der Waals surface area contributed by atoms with Crippen LogP contribution in [0.15, 0.2) is 42.9 Å². The molecule has 0 amide bonds. The van der Waals surface area contributed by atoms with Crippen molar-refractivity contribution in [3.8, 4) is 5.69 Å². The predicted octanol–water partition coefficient (Wildman–Crippen LogP) is 2.85. The number of fused-ring (bicyclic) bond motifs is 1. The van der Waals surface area contributed by atoms with E-state index in [1.807, 2.05) is 41.2 Å². The summed E-state index contributed by atoms with van der Waals surface area (Å²) in [5.74, 6) is 0.891. The van der Waals surface area contributed by atoms with E-state index in [9.17, 15) is 0 Å². The van der Waals surface area contributed by atoms with Crippen molar-refractivity contribution in [2.75, 3.05) is 11.9 Å². The number of benzene rings is 1. The zero-order valence-corrected chi connectivity index (χ0v) is 14.3. The molecule has 1 aliphatic heterocycles. The second kappa shape index (κ2) is 5.81. The number of rotatable bonds is 4. The third kappa shape index (κ3) is 2.66. The topological polar surface area (TPSA) is 58.9 Å². The van der Waals surface area contributed by atoms with Gasteiger partial charge in [-0.2, -0.15) is 5.10 Å². The summed E-state index contributed by atoms with van der Waals surface area (Å²) < 4.78 is 1.87. The van der Waals surface area contributed by atoms with E-state index >= 15 is 0 Å². The van der Waals surface area contributed by atoms with Gasteiger partial charge in [0.15, 0.2) is 5.65 Å². The van der Waals surface area contributed by atoms with Crippen molar-refractivity contribution in [1.82, 2.24) is 24.6 Å². The van der Waals surface area contributed by atoms with Crippen molar-refractivity contribution in [2.45, 2.75) is 44.3 Å². The minimum Gasteiger partial charge on any atom is -0.365 e. The summed E-state index contributed by atoms with van der Waals surface area (Å²) >= 11 is 0. The molecule has 2 aliphatic rings. The van der Waals surface area contributed by atoms with Crippen molar-refractivity contribution >= 4 is 16.9 Å². The van der Waals surface area contributed by atoms with Crippen LogP contribution in [0.5, 0.6) is 0 Å². The highest BCUT2D eigenvalue weighted by Gasteiger charge is 2.38. The molecule has 25 heavy (non-hydrogen) atoms. The number of anilines is 1. The van der Waals surface area contributed by atoms with Crippen molar-refractivity contribution in [2.24, 2.45) is 0 Å². The lowest BCUT2D eigenvalue weighted by atomic mass is 10.2. The fraction of sp³-hybridized carbons (Fsp3) is 0.421. The van der Waals surface area contributed by atoms with Gasteiger partial charge in [0.25, 0.3) is 0 Å². The Morgan fingerprint density at radius 1 is 1.12 bits per heavy atom. The summed E-state index contributed by atoms with van der Waals surface area (Å²) in [5, 5.41) is 9.15. The zero-order valence-electron chi connectivity index (χ0n) is 14.3. The van der Waals surface area contributed by atoms with Gasteiger partial charge in [0.2, 0.25) is 0 Å². The van der Waals surface area contributed by atoms with Gasteiger partial charge < -0.3 is 5.32 Å². The molecule has 0 bridgehead atoms. The van der Waals surface area contributed by atoms with Crippen LogP contribution in [0, 0.1) is 0 Å². The van der Waals surface area contributed by atoms with Crippen molar-refractivity contribution in [3.05, 3.63) is 42.9 Å². The normalized spacial score (nSPS) is 24.0. The van der Waals surface area contributed by atoms with E-state index in [0.29, 0.717) is 12.1 Å². The molecule has 2 unspecified atom stereocenters. The van der Waals surface area contributed by atoms with Gasteiger partial charge in [0, 0.05) is 24.7 Å². The molecule has 0 spiro atoms.